The summed E-state index contributed by atoms with van der Waals surface area (Å²) in [7, 11) is -0.385. The third-order valence-electron chi connectivity index (χ3n) is 18.9. The molecule has 1 N–H and O–H groups in total. The Bertz CT molecular complexity index is 4140. The zero-order chi connectivity index (χ0) is 60.8. The molecule has 9 aliphatic rings. The maximum Gasteiger partial charge on any atom is 0.494 e. The second kappa shape index (κ2) is 24.4. The van der Waals surface area contributed by atoms with Crippen LogP contribution in [-0.4, -0.2) is 81.0 Å². The molecule has 0 spiro atoms. The molecule has 3 aromatic heterocycles. The lowest BCUT2D eigenvalue weighted by atomic mass is 9.78. The summed E-state index contributed by atoms with van der Waals surface area (Å²) in [4.78, 5) is 60.9. The standard InChI is InChI=1S/C17H16N2O.C17H14N2.C16H12N2O.C15H19BO3.C9H7BrO/c20-10-13-4-2-11-1-3-12(7-15(11)13)14-5-6-19-17-9-18-8-16(14)17;1-11-2-3-12-4-5-13(8-15(11)12)14-6-7-19-17-10-18-9-16(14)17;19-16-4-3-10-1-2-11(7-13(10)16)12-5-6-18-15-9-17-8-14(12)15;1-14(2)15(3,4)19-16(18-14)11-7-5-10-6-8-13(17)12(10)9-11;10-7-3-1-6-2-4-9(11)8(6)5-7/h1,3,5-8,13,20H,2,4,9-10H2;4-9H,1-3,10H2;1-2,5-8H,3-4,9H2;5,7,9H,6,8H2,1-4H3;1,3,5H,2,4H2. The molecule has 440 valence electrons. The molecule has 1 saturated heterocycles. The molecule has 5 aliphatic carbocycles. The number of nitrogens with zero attached hydrogens (tertiary/aromatic N) is 6. The fourth-order valence-electron chi connectivity index (χ4n) is 13.1. The van der Waals surface area contributed by atoms with E-state index in [4.69, 9.17) is 9.31 Å². The van der Waals surface area contributed by atoms with Crippen LogP contribution in [0.4, 0.5) is 0 Å². The molecule has 1 atom stereocenters. The zero-order valence-electron chi connectivity index (χ0n) is 50.2. The lowest BCUT2D eigenvalue weighted by molar-refractivity contribution is 0.00578. The highest BCUT2D eigenvalue weighted by atomic mass is 79.9. The van der Waals surface area contributed by atoms with Gasteiger partial charge in [-0.2, -0.15) is 0 Å². The largest absolute Gasteiger partial charge is 0.494 e. The van der Waals surface area contributed by atoms with Gasteiger partial charge in [-0.1, -0.05) is 89.2 Å². The van der Waals surface area contributed by atoms with Gasteiger partial charge < -0.3 is 14.4 Å². The molecule has 1 unspecified atom stereocenters. The molecule has 0 saturated carbocycles. The Hall–Kier alpha value is -8.27. The van der Waals surface area contributed by atoms with Gasteiger partial charge in [0.2, 0.25) is 0 Å². The van der Waals surface area contributed by atoms with Crippen molar-refractivity contribution < 1.29 is 28.8 Å². The zero-order valence-corrected chi connectivity index (χ0v) is 51.8. The monoisotopic (exact) mass is 1230 g/mol. The van der Waals surface area contributed by atoms with Crippen LogP contribution in [0.15, 0.2) is 154 Å². The van der Waals surface area contributed by atoms with Gasteiger partial charge in [-0.25, -0.2) is 0 Å². The van der Waals surface area contributed by atoms with Crippen molar-refractivity contribution in [2.24, 2.45) is 15.0 Å². The first kappa shape index (κ1) is 58.7. The molecule has 0 radical (unpaired) electrons. The number of halogens is 1. The number of carbonyl (C=O) groups excluding carboxylic acids is 3. The Morgan fingerprint density at radius 3 is 1.42 bits per heavy atom. The van der Waals surface area contributed by atoms with Crippen molar-refractivity contribution in [1.82, 2.24) is 15.0 Å². The molecule has 12 nitrogen and oxygen atoms in total. The van der Waals surface area contributed by atoms with Gasteiger partial charge >= 0.3 is 7.12 Å². The summed E-state index contributed by atoms with van der Waals surface area (Å²) >= 11 is 3.34. The molecule has 1 fully saturated rings. The van der Waals surface area contributed by atoms with Crippen molar-refractivity contribution in [2.75, 3.05) is 6.61 Å². The number of aromatic nitrogens is 3. The number of ketones is 3. The summed E-state index contributed by atoms with van der Waals surface area (Å²) in [6.45, 7) is 14.6. The minimum absolute atomic E-state index is 0.230. The van der Waals surface area contributed by atoms with Gasteiger partial charge in [-0.3, -0.25) is 44.3 Å². The number of hydrogen-bond acceptors (Lipinski definition) is 12. The number of rotatable bonds is 5. The Morgan fingerprint density at radius 1 is 0.489 bits per heavy atom. The van der Waals surface area contributed by atoms with Gasteiger partial charge in [0.25, 0.3) is 0 Å². The smallest absolute Gasteiger partial charge is 0.399 e. The van der Waals surface area contributed by atoms with E-state index >= 15 is 0 Å². The fraction of sp³-hybridized carbons (Fsp3) is 0.284. The van der Waals surface area contributed by atoms with E-state index in [0.717, 1.165) is 116 Å². The minimum Gasteiger partial charge on any atom is -0.399 e. The van der Waals surface area contributed by atoms with Crippen LogP contribution in [-0.2, 0) is 61.0 Å². The van der Waals surface area contributed by atoms with E-state index in [9.17, 15) is 19.5 Å². The van der Waals surface area contributed by atoms with Gasteiger partial charge in [0, 0.05) is 107 Å². The van der Waals surface area contributed by atoms with E-state index in [1.807, 2.05) is 113 Å². The van der Waals surface area contributed by atoms with E-state index < -0.39 is 0 Å². The first-order valence-electron chi connectivity index (χ1n) is 30.6. The van der Waals surface area contributed by atoms with E-state index in [2.05, 4.69) is 113 Å². The number of aliphatic hydroxyl groups excluding tert-OH is 1. The number of allylic oxidation sites excluding steroid dienone is 1. The van der Waals surface area contributed by atoms with Crippen molar-refractivity contribution in [2.45, 2.75) is 129 Å². The average molecular weight is 1230 g/mol. The van der Waals surface area contributed by atoms with Gasteiger partial charge in [0.15, 0.2) is 17.3 Å². The number of pyridine rings is 3. The number of fused-ring (bicyclic) bond motifs is 8. The molecule has 0 bridgehead atoms. The highest BCUT2D eigenvalue weighted by molar-refractivity contribution is 9.10. The molecule has 17 rings (SSSR count). The van der Waals surface area contributed by atoms with Crippen molar-refractivity contribution in [3.63, 3.8) is 0 Å². The molecule has 4 aliphatic heterocycles. The molecular weight excluding hydrogens is 1160 g/mol. The SMILES string of the molecule is C=C1CCc2ccc(-c3ccnc4c3C=NC4)cc21.CC1(C)OB(c2ccc3c(c2)C(=O)CC3)OC1(C)C.O=C1CCc2ccc(-c3ccnc4c3C=NC4)cc21.O=C1CCc2ccc(Br)cc21.OCC1CCc2ccc(-c3ccnc4c3C=NC4)cc21. The predicted octanol–water partition coefficient (Wildman–Crippen LogP) is 13.8. The molecule has 7 heterocycles. The van der Waals surface area contributed by atoms with Crippen LogP contribution in [0.2, 0.25) is 0 Å². The van der Waals surface area contributed by atoms with Crippen LogP contribution in [0.5, 0.6) is 0 Å². The van der Waals surface area contributed by atoms with Gasteiger partial charge in [0.05, 0.1) is 47.9 Å². The normalized spacial score (nSPS) is 18.2. The number of benzene rings is 5. The summed E-state index contributed by atoms with van der Waals surface area (Å²) in [5, 5.41) is 9.50. The summed E-state index contributed by atoms with van der Waals surface area (Å²) in [5.74, 6) is 1.07. The average Bonchev–Trinajstić information content (AvgIpc) is 4.23. The third kappa shape index (κ3) is 11.6. The summed E-state index contributed by atoms with van der Waals surface area (Å²) < 4.78 is 13.0. The lowest BCUT2D eigenvalue weighted by Crippen LogP contribution is -2.41. The Morgan fingerprint density at radius 2 is 0.909 bits per heavy atom. The molecule has 88 heavy (non-hydrogen) atoms. The second-order valence-corrected chi connectivity index (χ2v) is 25.7. The third-order valence-corrected chi connectivity index (χ3v) is 19.4. The number of hydrogen-bond donors (Lipinski definition) is 1. The number of aliphatic hydroxyl groups is 1. The highest BCUT2D eigenvalue weighted by Gasteiger charge is 2.52. The van der Waals surface area contributed by atoms with Crippen LogP contribution < -0.4 is 5.46 Å². The molecule has 8 aromatic rings. The topological polar surface area (TPSA) is 166 Å². The van der Waals surface area contributed by atoms with E-state index in [-0.39, 0.29) is 42.3 Å². The van der Waals surface area contributed by atoms with Crippen LogP contribution in [0.25, 0.3) is 39.0 Å². The number of aryl methyl sites for hydroxylation is 5. The van der Waals surface area contributed by atoms with Crippen LogP contribution in [0.3, 0.4) is 0 Å². The maximum absolute atomic E-state index is 11.8. The first-order chi connectivity index (χ1) is 42.6. The van der Waals surface area contributed by atoms with Gasteiger partial charge in [0.1, 0.15) is 0 Å². The van der Waals surface area contributed by atoms with Crippen LogP contribution in [0.1, 0.15) is 170 Å². The van der Waals surface area contributed by atoms with Gasteiger partial charge in [-0.05, 0) is 198 Å². The van der Waals surface area contributed by atoms with E-state index in [1.54, 1.807) is 0 Å². The Kier molecular flexibility index (Phi) is 16.3. The van der Waals surface area contributed by atoms with Crippen molar-refractivity contribution in [1.29, 1.82) is 0 Å². The number of aliphatic imine (C=N–C) groups is 3. The van der Waals surface area contributed by atoms with Gasteiger partial charge in [-0.15, -0.1) is 0 Å². The molecule has 14 heteroatoms. The Labute approximate surface area is 522 Å². The fourth-order valence-corrected chi connectivity index (χ4v) is 13.5. The van der Waals surface area contributed by atoms with E-state index in [0.29, 0.717) is 44.8 Å². The lowest BCUT2D eigenvalue weighted by Gasteiger charge is -2.32. The highest BCUT2D eigenvalue weighted by Crippen LogP contribution is 2.40. The Balaban J connectivity index is 0.000000103. The minimum atomic E-state index is -0.385. The maximum atomic E-state index is 11.8. The van der Waals surface area contributed by atoms with Crippen LogP contribution in [0, 0.1) is 0 Å². The number of Topliss-reactive ketones (excluding diaryl/α,β-unsaturated/α-hetero) is 3. The molecular formula is C74H68BBrN6O6. The van der Waals surface area contributed by atoms with E-state index in [1.165, 1.54) is 66.8 Å². The quantitative estimate of drug-likeness (QED) is 0.165. The molecule has 0 amide bonds. The summed E-state index contributed by atoms with van der Waals surface area (Å²) in [5.41, 5.74) is 26.7. The first-order valence-corrected chi connectivity index (χ1v) is 31.4. The predicted molar refractivity (Wildman–Crippen MR) is 353 cm³/mol. The van der Waals surface area contributed by atoms with Crippen molar-refractivity contribution in [3.05, 3.63) is 228 Å². The van der Waals surface area contributed by atoms with Crippen molar-refractivity contribution >= 4 is 70.1 Å². The van der Waals surface area contributed by atoms with Crippen LogP contribution >= 0.6 is 15.9 Å². The summed E-state index contributed by atoms with van der Waals surface area (Å²) in [6.07, 6.45) is 20.3. The molecule has 5 aromatic carbocycles. The summed E-state index contributed by atoms with van der Waals surface area (Å²) in [6, 6.07) is 37.6. The second-order valence-electron chi connectivity index (χ2n) is 24.8. The van der Waals surface area contributed by atoms with Crippen molar-refractivity contribution in [3.8, 4) is 33.4 Å². The number of carbonyl (C=O) groups is 3.